The molecule has 0 saturated carbocycles. The molecule has 0 aromatic carbocycles. The average Bonchev–Trinajstić information content (AvgIpc) is 2.96. The summed E-state index contributed by atoms with van der Waals surface area (Å²) in [6, 6.07) is 2.80. The van der Waals surface area contributed by atoms with E-state index >= 15 is 0 Å². The molecule has 1 amide bonds. The molecule has 0 aliphatic heterocycles. The highest BCUT2D eigenvalue weighted by Crippen LogP contribution is 2.13. The van der Waals surface area contributed by atoms with E-state index in [0.717, 1.165) is 11.7 Å². The molecular formula is C9H9N3O3S. The summed E-state index contributed by atoms with van der Waals surface area (Å²) in [6.45, 7) is -0.239. The molecule has 16 heavy (non-hydrogen) atoms. The van der Waals surface area contributed by atoms with Crippen LogP contribution in [0.4, 0.5) is 0 Å². The second kappa shape index (κ2) is 4.86. The van der Waals surface area contributed by atoms with Crippen LogP contribution in [-0.2, 0) is 0 Å². The molecule has 2 N–H and O–H groups in total. The number of furan rings is 1. The third kappa shape index (κ3) is 2.26. The van der Waals surface area contributed by atoms with E-state index < -0.39 is 6.04 Å². The molecular weight excluding hydrogens is 230 g/mol. The van der Waals surface area contributed by atoms with Crippen LogP contribution in [0.1, 0.15) is 22.3 Å². The van der Waals surface area contributed by atoms with Crippen molar-refractivity contribution in [1.29, 1.82) is 0 Å². The van der Waals surface area contributed by atoms with Gasteiger partial charge in [-0.15, -0.1) is 0 Å². The fraction of sp³-hybridized carbons (Fsp3) is 0.222. The van der Waals surface area contributed by atoms with Crippen molar-refractivity contribution in [3.8, 4) is 0 Å². The van der Waals surface area contributed by atoms with Crippen molar-refractivity contribution in [2.45, 2.75) is 6.04 Å². The number of rotatable bonds is 4. The molecule has 6 nitrogen and oxygen atoms in total. The molecule has 2 heterocycles. The number of hydrogen-bond acceptors (Lipinski definition) is 6. The summed E-state index contributed by atoms with van der Waals surface area (Å²) in [5.74, 6) is 0.114. The van der Waals surface area contributed by atoms with Crippen molar-refractivity contribution in [2.24, 2.45) is 0 Å². The number of aliphatic hydroxyl groups excluding tert-OH is 1. The summed E-state index contributed by atoms with van der Waals surface area (Å²) in [6.07, 6.45) is 2.85. The van der Waals surface area contributed by atoms with Crippen molar-refractivity contribution in [2.75, 3.05) is 6.61 Å². The van der Waals surface area contributed by atoms with Crippen LogP contribution < -0.4 is 5.32 Å². The standard InChI is InChI=1S/C9H9N3O3S/c13-5-7(8-2-1-3-15-8)11-9(14)6-4-10-16-12-6/h1-4,7,13H,5H2,(H,11,14). The zero-order chi connectivity index (χ0) is 11.4. The highest BCUT2D eigenvalue weighted by molar-refractivity contribution is 6.99. The summed E-state index contributed by atoms with van der Waals surface area (Å²) >= 11 is 0.953. The smallest absolute Gasteiger partial charge is 0.273 e. The first kappa shape index (κ1) is 10.8. The van der Waals surface area contributed by atoms with Gasteiger partial charge in [-0.25, -0.2) is 0 Å². The third-order valence-electron chi connectivity index (χ3n) is 1.97. The van der Waals surface area contributed by atoms with Gasteiger partial charge in [-0.2, -0.15) is 8.75 Å². The van der Waals surface area contributed by atoms with Crippen molar-refractivity contribution >= 4 is 17.6 Å². The zero-order valence-electron chi connectivity index (χ0n) is 8.16. The normalized spacial score (nSPS) is 12.3. The maximum atomic E-state index is 11.6. The molecule has 84 valence electrons. The monoisotopic (exact) mass is 239 g/mol. The van der Waals surface area contributed by atoms with E-state index in [1.54, 1.807) is 12.1 Å². The van der Waals surface area contributed by atoms with Gasteiger partial charge < -0.3 is 14.8 Å². The van der Waals surface area contributed by atoms with Gasteiger partial charge in [0.15, 0.2) is 5.69 Å². The summed E-state index contributed by atoms with van der Waals surface area (Å²) in [4.78, 5) is 11.6. The lowest BCUT2D eigenvalue weighted by Crippen LogP contribution is -2.30. The fourth-order valence-corrected chi connectivity index (χ4v) is 1.61. The minimum atomic E-state index is -0.566. The van der Waals surface area contributed by atoms with Crippen molar-refractivity contribution in [3.05, 3.63) is 36.0 Å². The molecule has 1 atom stereocenters. The van der Waals surface area contributed by atoms with Gasteiger partial charge in [-0.1, -0.05) is 0 Å². The average molecular weight is 239 g/mol. The number of carbonyl (C=O) groups is 1. The molecule has 2 rings (SSSR count). The van der Waals surface area contributed by atoms with Gasteiger partial charge in [0, 0.05) is 0 Å². The van der Waals surface area contributed by atoms with Crippen LogP contribution in [0.5, 0.6) is 0 Å². The van der Waals surface area contributed by atoms with Crippen LogP contribution in [0.3, 0.4) is 0 Å². The highest BCUT2D eigenvalue weighted by atomic mass is 32.1. The summed E-state index contributed by atoms with van der Waals surface area (Å²) in [5, 5.41) is 11.7. The van der Waals surface area contributed by atoms with E-state index in [9.17, 15) is 4.79 Å². The predicted octanol–water partition coefficient (Wildman–Crippen LogP) is 0.595. The Kier molecular flexibility index (Phi) is 3.28. The minimum absolute atomic E-state index is 0.231. The Labute approximate surface area is 95.2 Å². The largest absolute Gasteiger partial charge is 0.467 e. The van der Waals surface area contributed by atoms with Crippen LogP contribution in [0.15, 0.2) is 29.0 Å². The molecule has 0 saturated heterocycles. The zero-order valence-corrected chi connectivity index (χ0v) is 8.98. The topological polar surface area (TPSA) is 88.2 Å². The number of carbonyl (C=O) groups excluding carboxylic acids is 1. The maximum absolute atomic E-state index is 11.6. The molecule has 7 heteroatoms. The van der Waals surface area contributed by atoms with Crippen LogP contribution in [0.2, 0.25) is 0 Å². The Morgan fingerprint density at radius 2 is 2.56 bits per heavy atom. The number of nitrogens with zero attached hydrogens (tertiary/aromatic N) is 2. The highest BCUT2D eigenvalue weighted by Gasteiger charge is 2.18. The molecule has 0 radical (unpaired) electrons. The first-order valence-corrected chi connectivity index (χ1v) is 5.27. The van der Waals surface area contributed by atoms with Gasteiger partial charge >= 0.3 is 0 Å². The van der Waals surface area contributed by atoms with Crippen LogP contribution >= 0.6 is 11.7 Å². The van der Waals surface area contributed by atoms with E-state index in [4.69, 9.17) is 9.52 Å². The molecule has 1 unspecified atom stereocenters. The maximum Gasteiger partial charge on any atom is 0.273 e. The summed E-state index contributed by atoms with van der Waals surface area (Å²) in [7, 11) is 0. The van der Waals surface area contributed by atoms with Gasteiger partial charge in [0.1, 0.15) is 11.8 Å². The second-order valence-electron chi connectivity index (χ2n) is 3.02. The van der Waals surface area contributed by atoms with Crippen LogP contribution in [0, 0.1) is 0 Å². The number of amides is 1. The minimum Gasteiger partial charge on any atom is -0.467 e. The quantitative estimate of drug-likeness (QED) is 0.815. The Bertz CT molecular complexity index is 441. The van der Waals surface area contributed by atoms with E-state index in [2.05, 4.69) is 14.1 Å². The van der Waals surface area contributed by atoms with Crippen LogP contribution in [0.25, 0.3) is 0 Å². The molecule has 0 aliphatic carbocycles. The first-order valence-electron chi connectivity index (χ1n) is 4.54. The SMILES string of the molecule is O=C(NC(CO)c1ccco1)c1cnsn1. The summed E-state index contributed by atoms with van der Waals surface area (Å²) < 4.78 is 12.6. The Balaban J connectivity index is 2.05. The third-order valence-corrected chi connectivity index (χ3v) is 2.45. The fourth-order valence-electron chi connectivity index (χ4n) is 1.19. The lowest BCUT2D eigenvalue weighted by atomic mass is 10.2. The number of hydrogen-bond donors (Lipinski definition) is 2. The van der Waals surface area contributed by atoms with Crippen molar-refractivity contribution in [1.82, 2.24) is 14.1 Å². The molecule has 0 aliphatic rings. The van der Waals surface area contributed by atoms with Gasteiger partial charge in [-0.05, 0) is 12.1 Å². The Morgan fingerprint density at radius 3 is 3.12 bits per heavy atom. The van der Waals surface area contributed by atoms with Gasteiger partial charge in [0.25, 0.3) is 5.91 Å². The van der Waals surface area contributed by atoms with Crippen molar-refractivity contribution < 1.29 is 14.3 Å². The predicted molar refractivity (Wildman–Crippen MR) is 55.9 cm³/mol. The van der Waals surface area contributed by atoms with E-state index in [1.807, 2.05) is 0 Å². The van der Waals surface area contributed by atoms with E-state index in [-0.39, 0.29) is 18.2 Å². The van der Waals surface area contributed by atoms with E-state index in [0.29, 0.717) is 5.76 Å². The van der Waals surface area contributed by atoms with E-state index in [1.165, 1.54) is 12.5 Å². The van der Waals surface area contributed by atoms with Gasteiger partial charge in [-0.3, -0.25) is 4.79 Å². The van der Waals surface area contributed by atoms with Gasteiger partial charge in [0.05, 0.1) is 30.8 Å². The second-order valence-corrected chi connectivity index (χ2v) is 3.57. The molecule has 0 spiro atoms. The number of aliphatic hydroxyl groups is 1. The summed E-state index contributed by atoms with van der Waals surface area (Å²) in [5.41, 5.74) is 0.231. The lowest BCUT2D eigenvalue weighted by molar-refractivity contribution is 0.0903. The molecule has 2 aromatic rings. The van der Waals surface area contributed by atoms with Gasteiger partial charge in [0.2, 0.25) is 0 Å². The molecule has 2 aromatic heterocycles. The number of aromatic nitrogens is 2. The first-order chi connectivity index (χ1) is 7.81. The lowest BCUT2D eigenvalue weighted by Gasteiger charge is -2.12. The van der Waals surface area contributed by atoms with Crippen molar-refractivity contribution in [3.63, 3.8) is 0 Å². The molecule has 0 fully saturated rings. The molecule has 0 bridgehead atoms. The van der Waals surface area contributed by atoms with Crippen LogP contribution in [-0.4, -0.2) is 26.4 Å². The number of nitrogens with one attached hydrogen (secondary N) is 1. The Hall–Kier alpha value is -1.73. The Morgan fingerprint density at radius 1 is 1.69 bits per heavy atom.